The molecule has 2 aromatic heterocycles. The molecule has 0 bridgehead atoms. The van der Waals surface area contributed by atoms with Gasteiger partial charge in [-0.2, -0.15) is 10.1 Å². The summed E-state index contributed by atoms with van der Waals surface area (Å²) in [7, 11) is 0. The first-order valence-electron chi connectivity index (χ1n) is 10.6. The van der Waals surface area contributed by atoms with Crippen molar-refractivity contribution in [2.45, 2.75) is 32.8 Å². The number of anilines is 1. The van der Waals surface area contributed by atoms with Crippen LogP contribution < -0.4 is 15.2 Å². The van der Waals surface area contributed by atoms with E-state index in [1.165, 1.54) is 0 Å². The first kappa shape index (κ1) is 19.4. The van der Waals surface area contributed by atoms with Crippen molar-refractivity contribution in [3.63, 3.8) is 0 Å². The van der Waals surface area contributed by atoms with E-state index in [-0.39, 0.29) is 11.7 Å². The Morgan fingerprint density at radius 3 is 2.42 bits per heavy atom. The highest BCUT2D eigenvalue weighted by molar-refractivity contribution is 5.76. The lowest BCUT2D eigenvalue weighted by Gasteiger charge is -2.33. The van der Waals surface area contributed by atoms with E-state index in [0.29, 0.717) is 17.0 Å². The van der Waals surface area contributed by atoms with Gasteiger partial charge in [-0.25, -0.2) is 4.68 Å². The Morgan fingerprint density at radius 1 is 1.00 bits per heavy atom. The van der Waals surface area contributed by atoms with E-state index in [9.17, 15) is 4.79 Å². The SMILES string of the molecule is Cc1cccc(C)c1OC1CCN(c2nc3c(cnn3-c3ccccc3)c(=O)[nH]2)CC1. The molecule has 1 saturated heterocycles. The zero-order chi connectivity index (χ0) is 21.4. The molecule has 5 rings (SSSR count). The van der Waals surface area contributed by atoms with Gasteiger partial charge in [0.2, 0.25) is 5.95 Å². The summed E-state index contributed by atoms with van der Waals surface area (Å²) in [6.45, 7) is 5.70. The molecule has 1 N–H and O–H groups in total. The molecular weight excluding hydrogens is 390 g/mol. The monoisotopic (exact) mass is 415 g/mol. The zero-order valence-corrected chi connectivity index (χ0v) is 17.7. The normalized spacial score (nSPS) is 14.8. The van der Waals surface area contributed by atoms with Crippen molar-refractivity contribution in [2.24, 2.45) is 0 Å². The van der Waals surface area contributed by atoms with Gasteiger partial charge >= 0.3 is 0 Å². The van der Waals surface area contributed by atoms with Crippen LogP contribution in [0.15, 0.2) is 59.5 Å². The maximum Gasteiger partial charge on any atom is 0.263 e. The van der Waals surface area contributed by atoms with E-state index in [1.54, 1.807) is 10.9 Å². The Bertz CT molecular complexity index is 1250. The van der Waals surface area contributed by atoms with Gasteiger partial charge in [0.05, 0.1) is 11.9 Å². The number of para-hydroxylation sites is 2. The Balaban J connectivity index is 1.37. The first-order valence-corrected chi connectivity index (χ1v) is 10.6. The third kappa shape index (κ3) is 3.67. The second-order valence-corrected chi connectivity index (χ2v) is 8.04. The van der Waals surface area contributed by atoms with Crippen molar-refractivity contribution >= 4 is 17.0 Å². The summed E-state index contributed by atoms with van der Waals surface area (Å²) in [5, 5.41) is 4.87. The first-order chi connectivity index (χ1) is 15.1. The Morgan fingerprint density at radius 2 is 1.71 bits per heavy atom. The van der Waals surface area contributed by atoms with Crippen LogP contribution in [0.3, 0.4) is 0 Å². The number of ether oxygens (including phenoxy) is 1. The summed E-state index contributed by atoms with van der Waals surface area (Å²) in [5.74, 6) is 1.57. The van der Waals surface area contributed by atoms with Gasteiger partial charge in [0.1, 0.15) is 17.2 Å². The maximum atomic E-state index is 12.7. The Labute approximate surface area is 180 Å². The lowest BCUT2D eigenvalue weighted by molar-refractivity contribution is 0.168. The second kappa shape index (κ2) is 7.91. The predicted molar refractivity (Wildman–Crippen MR) is 121 cm³/mol. The van der Waals surface area contributed by atoms with Crippen molar-refractivity contribution in [3.8, 4) is 11.4 Å². The molecule has 2 aromatic carbocycles. The molecule has 158 valence electrons. The van der Waals surface area contributed by atoms with Crippen LogP contribution in [0.2, 0.25) is 0 Å². The van der Waals surface area contributed by atoms with Crippen molar-refractivity contribution in [3.05, 3.63) is 76.2 Å². The molecule has 0 atom stereocenters. The van der Waals surface area contributed by atoms with E-state index >= 15 is 0 Å². The van der Waals surface area contributed by atoms with E-state index in [1.807, 2.05) is 30.3 Å². The fraction of sp³-hybridized carbons (Fsp3) is 0.292. The molecule has 7 nitrogen and oxygen atoms in total. The van der Waals surface area contributed by atoms with Gasteiger partial charge in [0.15, 0.2) is 5.65 Å². The minimum Gasteiger partial charge on any atom is -0.490 e. The summed E-state index contributed by atoms with van der Waals surface area (Å²) in [4.78, 5) is 22.5. The van der Waals surface area contributed by atoms with Crippen LogP contribution in [0.1, 0.15) is 24.0 Å². The third-order valence-electron chi connectivity index (χ3n) is 5.86. The number of aryl methyl sites for hydroxylation is 2. The number of aromatic nitrogens is 4. The van der Waals surface area contributed by atoms with Crippen molar-refractivity contribution in [1.29, 1.82) is 0 Å². The minimum absolute atomic E-state index is 0.154. The fourth-order valence-electron chi connectivity index (χ4n) is 4.15. The van der Waals surface area contributed by atoms with Gasteiger partial charge in [0, 0.05) is 25.9 Å². The van der Waals surface area contributed by atoms with Crippen molar-refractivity contribution in [2.75, 3.05) is 18.0 Å². The molecule has 7 heteroatoms. The summed E-state index contributed by atoms with van der Waals surface area (Å²) < 4.78 is 8.04. The van der Waals surface area contributed by atoms with Crippen LogP contribution in [-0.4, -0.2) is 38.9 Å². The predicted octanol–water partition coefficient (Wildman–Crippen LogP) is 3.77. The van der Waals surface area contributed by atoms with Crippen molar-refractivity contribution < 1.29 is 4.74 Å². The van der Waals surface area contributed by atoms with Gasteiger partial charge in [-0.15, -0.1) is 0 Å². The van der Waals surface area contributed by atoms with Gasteiger partial charge in [0.25, 0.3) is 5.56 Å². The van der Waals surface area contributed by atoms with Crippen LogP contribution in [0.5, 0.6) is 5.75 Å². The lowest BCUT2D eigenvalue weighted by Crippen LogP contribution is -2.40. The number of hydrogen-bond donors (Lipinski definition) is 1. The molecule has 4 aromatic rings. The molecule has 1 aliphatic heterocycles. The number of nitrogens with one attached hydrogen (secondary N) is 1. The van der Waals surface area contributed by atoms with E-state index in [0.717, 1.165) is 48.5 Å². The number of aromatic amines is 1. The standard InChI is InChI=1S/C24H25N5O2/c1-16-7-6-8-17(2)21(16)31-19-11-13-28(14-12-19)24-26-22-20(23(30)27-24)15-25-29(22)18-9-4-3-5-10-18/h3-10,15,19H,11-14H2,1-2H3,(H,26,27,30). The Kier molecular flexibility index (Phi) is 4.94. The minimum atomic E-state index is -0.170. The maximum absolute atomic E-state index is 12.7. The molecule has 0 saturated carbocycles. The average Bonchev–Trinajstić information content (AvgIpc) is 3.22. The summed E-state index contributed by atoms with van der Waals surface area (Å²) in [5.41, 5.74) is 3.60. The molecule has 0 unspecified atom stereocenters. The summed E-state index contributed by atoms with van der Waals surface area (Å²) >= 11 is 0. The largest absolute Gasteiger partial charge is 0.490 e. The van der Waals surface area contributed by atoms with Gasteiger partial charge in [-0.05, 0) is 37.1 Å². The smallest absolute Gasteiger partial charge is 0.263 e. The highest BCUT2D eigenvalue weighted by atomic mass is 16.5. The Hall–Kier alpha value is -3.61. The topological polar surface area (TPSA) is 76.0 Å². The third-order valence-corrected chi connectivity index (χ3v) is 5.86. The lowest BCUT2D eigenvalue weighted by atomic mass is 10.1. The highest BCUT2D eigenvalue weighted by Gasteiger charge is 2.24. The molecule has 0 aliphatic carbocycles. The van der Waals surface area contributed by atoms with E-state index < -0.39 is 0 Å². The van der Waals surface area contributed by atoms with Crippen LogP contribution in [0.25, 0.3) is 16.7 Å². The van der Waals surface area contributed by atoms with Crippen LogP contribution in [0, 0.1) is 13.8 Å². The molecule has 1 fully saturated rings. The summed E-state index contributed by atoms with van der Waals surface area (Å²) in [6, 6.07) is 15.9. The van der Waals surface area contributed by atoms with Crippen LogP contribution in [-0.2, 0) is 0 Å². The van der Waals surface area contributed by atoms with Crippen LogP contribution in [0.4, 0.5) is 5.95 Å². The fourth-order valence-corrected chi connectivity index (χ4v) is 4.15. The van der Waals surface area contributed by atoms with Gasteiger partial charge in [-0.3, -0.25) is 9.78 Å². The number of benzene rings is 2. The molecule has 0 radical (unpaired) electrons. The number of H-pyrrole nitrogens is 1. The van der Waals surface area contributed by atoms with E-state index in [4.69, 9.17) is 9.72 Å². The van der Waals surface area contributed by atoms with E-state index in [2.05, 4.69) is 47.0 Å². The van der Waals surface area contributed by atoms with Crippen molar-refractivity contribution in [1.82, 2.24) is 19.7 Å². The number of hydrogen-bond acceptors (Lipinski definition) is 5. The number of rotatable bonds is 4. The van der Waals surface area contributed by atoms with Crippen LogP contribution >= 0.6 is 0 Å². The molecule has 1 aliphatic rings. The second-order valence-electron chi connectivity index (χ2n) is 8.04. The number of fused-ring (bicyclic) bond motifs is 1. The zero-order valence-electron chi connectivity index (χ0n) is 17.7. The summed E-state index contributed by atoms with van der Waals surface area (Å²) in [6.07, 6.45) is 3.46. The number of piperidine rings is 1. The van der Waals surface area contributed by atoms with Gasteiger partial charge < -0.3 is 9.64 Å². The van der Waals surface area contributed by atoms with Gasteiger partial charge in [-0.1, -0.05) is 36.4 Å². The molecule has 0 amide bonds. The molecular formula is C24H25N5O2. The molecule has 31 heavy (non-hydrogen) atoms. The number of nitrogens with zero attached hydrogens (tertiary/aromatic N) is 4. The molecule has 3 heterocycles. The average molecular weight is 415 g/mol. The molecule has 0 spiro atoms. The quantitative estimate of drug-likeness (QED) is 0.549. The highest BCUT2D eigenvalue weighted by Crippen LogP contribution is 2.27.